The number of hydrogen-bond donors (Lipinski definition) is 2. The number of carbonyl (C=O) groups is 2. The number of nitrogens with zero attached hydrogens (tertiary/aromatic N) is 2. The van der Waals surface area contributed by atoms with Crippen LogP contribution in [0.1, 0.15) is 83.7 Å². The van der Waals surface area contributed by atoms with Gasteiger partial charge in [-0.2, -0.15) is 0 Å². The quantitative estimate of drug-likeness (QED) is 0.329. The third-order valence-electron chi connectivity index (χ3n) is 9.15. The van der Waals surface area contributed by atoms with E-state index >= 15 is 0 Å². The molecule has 214 valence electrons. The number of epoxide rings is 1. The van der Waals surface area contributed by atoms with E-state index in [1.54, 1.807) is 19.9 Å². The fraction of sp³-hybridized carbons (Fsp3) is 0.645. The van der Waals surface area contributed by atoms with Crippen molar-refractivity contribution in [3.8, 4) is 0 Å². The molecule has 4 rings (SSSR count). The Morgan fingerprint density at radius 3 is 2.64 bits per heavy atom. The number of allylic oxidation sites excluding steroid dienone is 1. The van der Waals surface area contributed by atoms with Gasteiger partial charge in [0.25, 0.3) is 0 Å². The second-order valence-electron chi connectivity index (χ2n) is 12.4. The van der Waals surface area contributed by atoms with E-state index < -0.39 is 35.6 Å². The van der Waals surface area contributed by atoms with Crippen molar-refractivity contribution >= 4 is 22.8 Å². The van der Waals surface area contributed by atoms with Crippen LogP contribution in [-0.4, -0.2) is 55.4 Å². The largest absolute Gasteiger partial charge is 0.457 e. The summed E-state index contributed by atoms with van der Waals surface area (Å²) in [7, 11) is 1.96. The monoisotopic (exact) mass is 540 g/mol. The molecule has 2 saturated heterocycles. The molecule has 2 aromatic rings. The minimum atomic E-state index is -1.27. The average molecular weight is 541 g/mol. The Morgan fingerprint density at radius 2 is 1.95 bits per heavy atom. The zero-order chi connectivity index (χ0) is 28.7. The molecule has 2 fully saturated rings. The van der Waals surface area contributed by atoms with Crippen LogP contribution in [0.5, 0.6) is 0 Å². The van der Waals surface area contributed by atoms with E-state index in [1.165, 1.54) is 0 Å². The van der Waals surface area contributed by atoms with Crippen LogP contribution in [0.2, 0.25) is 0 Å². The van der Waals surface area contributed by atoms with Crippen molar-refractivity contribution < 1.29 is 29.3 Å². The zero-order valence-electron chi connectivity index (χ0n) is 24.1. The molecule has 1 aromatic heterocycles. The predicted molar refractivity (Wildman–Crippen MR) is 149 cm³/mol. The van der Waals surface area contributed by atoms with Crippen LogP contribution in [0.15, 0.2) is 30.9 Å². The lowest BCUT2D eigenvalue weighted by Crippen LogP contribution is -2.46. The van der Waals surface area contributed by atoms with Gasteiger partial charge in [-0.3, -0.25) is 9.59 Å². The summed E-state index contributed by atoms with van der Waals surface area (Å²) >= 11 is 0. The maximum Gasteiger partial charge on any atom is 0.309 e. The van der Waals surface area contributed by atoms with Crippen LogP contribution < -0.4 is 0 Å². The molecule has 39 heavy (non-hydrogen) atoms. The lowest BCUT2D eigenvalue weighted by molar-refractivity contribution is -0.156. The number of ketones is 1. The highest BCUT2D eigenvalue weighted by Crippen LogP contribution is 2.47. The van der Waals surface area contributed by atoms with Crippen molar-refractivity contribution in [2.75, 3.05) is 0 Å². The number of fused-ring (bicyclic) bond motifs is 2. The molecule has 2 N–H and O–H groups in total. The molecular formula is C31H44N2O6. The van der Waals surface area contributed by atoms with Crippen molar-refractivity contribution in [2.24, 2.45) is 24.3 Å². The van der Waals surface area contributed by atoms with Gasteiger partial charge in [0.15, 0.2) is 0 Å². The Hall–Kier alpha value is -2.55. The molecule has 0 aliphatic carbocycles. The second kappa shape index (κ2) is 11.1. The van der Waals surface area contributed by atoms with Crippen LogP contribution in [0.25, 0.3) is 11.0 Å². The first-order chi connectivity index (χ1) is 18.3. The molecule has 0 unspecified atom stereocenters. The molecule has 0 saturated carbocycles. The normalized spacial score (nSPS) is 34.4. The highest BCUT2D eigenvalue weighted by Gasteiger charge is 2.53. The molecule has 8 nitrogen and oxygen atoms in total. The molecule has 2 aliphatic heterocycles. The molecular weight excluding hydrogens is 496 g/mol. The third-order valence-corrected chi connectivity index (χ3v) is 9.15. The van der Waals surface area contributed by atoms with Crippen molar-refractivity contribution in [1.29, 1.82) is 0 Å². The number of esters is 1. The van der Waals surface area contributed by atoms with Crippen LogP contribution >= 0.6 is 0 Å². The number of carbonyl (C=O) groups excluding carboxylic acids is 2. The minimum Gasteiger partial charge on any atom is -0.457 e. The zero-order valence-corrected chi connectivity index (χ0v) is 24.1. The molecule has 3 heterocycles. The Balaban J connectivity index is 1.64. The Morgan fingerprint density at radius 1 is 1.23 bits per heavy atom. The first-order valence-corrected chi connectivity index (χ1v) is 14.1. The van der Waals surface area contributed by atoms with Crippen molar-refractivity contribution in [3.63, 3.8) is 0 Å². The van der Waals surface area contributed by atoms with Gasteiger partial charge in [-0.05, 0) is 56.7 Å². The van der Waals surface area contributed by atoms with Gasteiger partial charge in [0.1, 0.15) is 17.7 Å². The number of aryl methyl sites for hydroxylation is 2. The van der Waals surface area contributed by atoms with Gasteiger partial charge in [-0.1, -0.05) is 39.3 Å². The average Bonchev–Trinajstić information content (AvgIpc) is 3.42. The summed E-state index contributed by atoms with van der Waals surface area (Å²) in [6.45, 7) is 13.0. The molecule has 8 heteroatoms. The van der Waals surface area contributed by atoms with Gasteiger partial charge in [0.05, 0.1) is 46.8 Å². The van der Waals surface area contributed by atoms with Gasteiger partial charge in [0, 0.05) is 19.4 Å². The van der Waals surface area contributed by atoms with E-state index in [0.29, 0.717) is 12.8 Å². The van der Waals surface area contributed by atoms with Crippen LogP contribution in [0.3, 0.4) is 0 Å². The number of ether oxygens (including phenoxy) is 2. The summed E-state index contributed by atoms with van der Waals surface area (Å²) in [5.74, 6) is -0.812. The van der Waals surface area contributed by atoms with Crippen molar-refractivity contribution in [1.82, 2.24) is 9.55 Å². The number of rotatable bonds is 3. The number of imidazole rings is 1. The van der Waals surface area contributed by atoms with Gasteiger partial charge >= 0.3 is 5.97 Å². The summed E-state index contributed by atoms with van der Waals surface area (Å²) in [4.78, 5) is 31.5. The maximum absolute atomic E-state index is 13.6. The molecule has 0 bridgehead atoms. The second-order valence-corrected chi connectivity index (χ2v) is 12.4. The summed E-state index contributed by atoms with van der Waals surface area (Å²) in [5.41, 5.74) is 1.03. The van der Waals surface area contributed by atoms with E-state index in [0.717, 1.165) is 41.7 Å². The predicted octanol–water partition coefficient (Wildman–Crippen LogP) is 4.73. The minimum absolute atomic E-state index is 0.0824. The van der Waals surface area contributed by atoms with Crippen LogP contribution in [0.4, 0.5) is 0 Å². The Bertz CT molecular complexity index is 1240. The smallest absolute Gasteiger partial charge is 0.309 e. The summed E-state index contributed by atoms with van der Waals surface area (Å²) in [6, 6.07) is 5.88. The molecule has 0 amide bonds. The van der Waals surface area contributed by atoms with Gasteiger partial charge in [-0.15, -0.1) is 6.58 Å². The maximum atomic E-state index is 13.6. The van der Waals surface area contributed by atoms with E-state index in [4.69, 9.17) is 9.47 Å². The van der Waals surface area contributed by atoms with Gasteiger partial charge in [0.2, 0.25) is 0 Å². The summed E-state index contributed by atoms with van der Waals surface area (Å²) in [6.07, 6.45) is 1.63. The standard InChI is InChI=1S/C31H44N2O6/c1-8-10-21-28(36)18(2)11-9-14-31(6)26(39-31)16-24(38-27(35)17-25(34)30(4,5)29(21)37)20-12-13-23-22(15-20)32-19(3)33(23)7/h8,12-13,15,18,21,24-26,28,34,36H,1,9-11,14,16-17H2,2-7H3/t18-,21-,24-,25+,26+,28+,31+/m0/s1. The lowest BCUT2D eigenvalue weighted by atomic mass is 9.71. The van der Waals surface area contributed by atoms with Gasteiger partial charge < -0.3 is 24.3 Å². The first kappa shape index (κ1) is 29.4. The topological polar surface area (TPSA) is 114 Å². The first-order valence-electron chi connectivity index (χ1n) is 14.1. The molecule has 0 radical (unpaired) electrons. The van der Waals surface area contributed by atoms with Crippen LogP contribution in [-0.2, 0) is 26.1 Å². The van der Waals surface area contributed by atoms with E-state index in [-0.39, 0.29) is 29.8 Å². The lowest BCUT2D eigenvalue weighted by Gasteiger charge is -2.35. The molecule has 2 aliphatic rings. The van der Waals surface area contributed by atoms with E-state index in [2.05, 4.69) is 18.5 Å². The SMILES string of the molecule is C=CC[C@@H]1C(=O)C(C)(C)[C@H](O)CC(=O)O[C@H](c2ccc3c(c2)nc(C)n3C)C[C@H]2O[C@]2(C)CCC[C@H](C)[C@H]1O. The van der Waals surface area contributed by atoms with Crippen molar-refractivity contribution in [2.45, 2.75) is 103 Å². The fourth-order valence-electron chi connectivity index (χ4n) is 5.98. The van der Waals surface area contributed by atoms with E-state index in [1.807, 2.05) is 43.7 Å². The Labute approximate surface area is 231 Å². The third kappa shape index (κ3) is 5.98. The van der Waals surface area contributed by atoms with Crippen molar-refractivity contribution in [3.05, 3.63) is 42.2 Å². The number of aliphatic hydroxyl groups excluding tert-OH is 2. The molecule has 1 aromatic carbocycles. The van der Waals surface area contributed by atoms with Crippen LogP contribution in [0, 0.1) is 24.2 Å². The van der Waals surface area contributed by atoms with E-state index in [9.17, 15) is 19.8 Å². The fourth-order valence-corrected chi connectivity index (χ4v) is 5.98. The van der Waals surface area contributed by atoms with Gasteiger partial charge in [-0.25, -0.2) is 4.98 Å². The number of Topliss-reactive ketones (excluding diaryl/α,β-unsaturated/α-hetero) is 1. The summed E-state index contributed by atoms with van der Waals surface area (Å²) in [5, 5.41) is 22.2. The highest BCUT2D eigenvalue weighted by atomic mass is 16.6. The Kier molecular flexibility index (Phi) is 8.41. The highest BCUT2D eigenvalue weighted by molar-refractivity contribution is 5.88. The number of aromatic nitrogens is 2. The number of benzene rings is 1. The molecule has 7 atom stereocenters. The summed E-state index contributed by atoms with van der Waals surface area (Å²) < 4.78 is 14.1. The number of cyclic esters (lactones) is 1. The number of hydrogen-bond acceptors (Lipinski definition) is 7. The number of aliphatic hydroxyl groups is 2. The molecule has 0 spiro atoms.